The van der Waals surface area contributed by atoms with Crippen LogP contribution < -0.4 is 0 Å². The normalized spacial score (nSPS) is 12.6. The Kier molecular flexibility index (Phi) is 9.55. The minimum Gasteiger partial charge on any atom is -0.103 e. The van der Waals surface area contributed by atoms with Crippen LogP contribution in [0, 0.1) is 0 Å². The molecule has 0 nitrogen and oxygen atoms in total. The molecule has 0 aromatic heterocycles. The molecule has 0 aliphatic rings. The highest BCUT2D eigenvalue weighted by atomic mass is 28.2. The third kappa shape index (κ3) is 9.61. The maximum atomic E-state index is 3.73. The van der Waals surface area contributed by atoms with E-state index in [9.17, 15) is 0 Å². The molecular weight excluding hydrogens is 172 g/mol. The Hall–Kier alpha value is -0.303. The fraction of sp³-hybridized carbons (Fsp3) is 0.667. The molecule has 0 spiro atoms. The molecule has 0 aromatic rings. The molecule has 1 heteroatoms. The van der Waals surface area contributed by atoms with Crippen LogP contribution in [-0.2, 0) is 0 Å². The number of allylic oxidation sites excluding steroid dienone is 3. The molecular formula is C12H24Si. The molecule has 0 fully saturated rings. The maximum absolute atomic E-state index is 3.73. The highest BCUT2D eigenvalue weighted by Crippen LogP contribution is 2.07. The van der Waals surface area contributed by atoms with E-state index in [0.717, 1.165) is 0 Å². The SMILES string of the molecule is C=CCCCCCC[SiH2]C(C)=CC. The van der Waals surface area contributed by atoms with Gasteiger partial charge in [0.25, 0.3) is 0 Å². The van der Waals surface area contributed by atoms with E-state index in [2.05, 4.69) is 26.5 Å². The molecule has 0 unspecified atom stereocenters. The third-order valence-corrected chi connectivity index (χ3v) is 4.52. The number of unbranched alkanes of at least 4 members (excludes halogenated alkanes) is 4. The summed E-state index contributed by atoms with van der Waals surface area (Å²) in [6.07, 6.45) is 11.1. The first-order chi connectivity index (χ1) is 6.31. The van der Waals surface area contributed by atoms with Crippen molar-refractivity contribution < 1.29 is 0 Å². The predicted octanol–water partition coefficient (Wildman–Crippen LogP) is 3.63. The molecule has 0 saturated carbocycles. The lowest BCUT2D eigenvalue weighted by Gasteiger charge is -2.00. The van der Waals surface area contributed by atoms with Crippen LogP contribution in [0.3, 0.4) is 0 Å². The Bertz CT molecular complexity index is 147. The quantitative estimate of drug-likeness (QED) is 0.316. The van der Waals surface area contributed by atoms with Crippen LogP contribution in [0.4, 0.5) is 0 Å². The van der Waals surface area contributed by atoms with Crippen LogP contribution in [0.15, 0.2) is 23.9 Å². The predicted molar refractivity (Wildman–Crippen MR) is 66.1 cm³/mol. The first-order valence-electron chi connectivity index (χ1n) is 5.54. The molecule has 0 aliphatic carbocycles. The minimum atomic E-state index is 0.137. The minimum absolute atomic E-state index is 0.137. The summed E-state index contributed by atoms with van der Waals surface area (Å²) < 4.78 is 0. The van der Waals surface area contributed by atoms with E-state index in [1.54, 1.807) is 5.20 Å². The second kappa shape index (κ2) is 9.78. The zero-order chi connectivity index (χ0) is 9.94. The Balaban J connectivity index is 3.04. The van der Waals surface area contributed by atoms with Crippen LogP contribution in [0.5, 0.6) is 0 Å². The smallest absolute Gasteiger partial charge is 0.0487 e. The van der Waals surface area contributed by atoms with Gasteiger partial charge in [0.1, 0.15) is 0 Å². The van der Waals surface area contributed by atoms with Gasteiger partial charge in [-0.05, 0) is 26.7 Å². The van der Waals surface area contributed by atoms with Gasteiger partial charge in [0.05, 0.1) is 0 Å². The van der Waals surface area contributed by atoms with Gasteiger partial charge in [-0.2, -0.15) is 0 Å². The number of hydrogen-bond acceptors (Lipinski definition) is 0. The summed E-state index contributed by atoms with van der Waals surface area (Å²) in [6.45, 7) is 8.17. The van der Waals surface area contributed by atoms with Gasteiger partial charge in [-0.3, -0.25) is 0 Å². The molecule has 0 bridgehead atoms. The van der Waals surface area contributed by atoms with Crippen molar-refractivity contribution in [1.29, 1.82) is 0 Å². The monoisotopic (exact) mass is 196 g/mol. The Labute approximate surface area is 85.9 Å². The first kappa shape index (κ1) is 12.7. The lowest BCUT2D eigenvalue weighted by atomic mass is 10.1. The van der Waals surface area contributed by atoms with Gasteiger partial charge in [-0.1, -0.05) is 42.7 Å². The van der Waals surface area contributed by atoms with E-state index in [1.807, 2.05) is 6.08 Å². The summed E-state index contributed by atoms with van der Waals surface area (Å²) in [4.78, 5) is 0. The highest BCUT2D eigenvalue weighted by molar-refractivity contribution is 6.44. The van der Waals surface area contributed by atoms with Crippen LogP contribution in [-0.4, -0.2) is 9.52 Å². The highest BCUT2D eigenvalue weighted by Gasteiger charge is 1.91. The molecule has 0 rings (SSSR count). The van der Waals surface area contributed by atoms with Crippen molar-refractivity contribution in [2.75, 3.05) is 0 Å². The zero-order valence-electron chi connectivity index (χ0n) is 9.31. The van der Waals surface area contributed by atoms with E-state index >= 15 is 0 Å². The average molecular weight is 196 g/mol. The molecule has 0 radical (unpaired) electrons. The van der Waals surface area contributed by atoms with Crippen LogP contribution in [0.25, 0.3) is 0 Å². The van der Waals surface area contributed by atoms with E-state index in [0.29, 0.717) is 0 Å². The molecule has 0 heterocycles. The van der Waals surface area contributed by atoms with Crippen molar-refractivity contribution in [1.82, 2.24) is 0 Å². The van der Waals surface area contributed by atoms with Crippen molar-refractivity contribution in [3.05, 3.63) is 23.9 Å². The van der Waals surface area contributed by atoms with Gasteiger partial charge in [-0.25, -0.2) is 0 Å². The van der Waals surface area contributed by atoms with Crippen LogP contribution in [0.2, 0.25) is 6.04 Å². The molecule has 13 heavy (non-hydrogen) atoms. The van der Waals surface area contributed by atoms with Crippen molar-refractivity contribution in [2.45, 2.75) is 52.0 Å². The van der Waals surface area contributed by atoms with Gasteiger partial charge in [0.2, 0.25) is 0 Å². The fourth-order valence-electron chi connectivity index (χ4n) is 1.37. The molecule has 0 atom stereocenters. The number of rotatable bonds is 8. The standard InChI is InChI=1S/C12H24Si/c1-4-6-7-8-9-10-11-13-12(3)5-2/h4-5H,1,6-11,13H2,2-3H3. The van der Waals surface area contributed by atoms with Crippen molar-refractivity contribution in [3.63, 3.8) is 0 Å². The van der Waals surface area contributed by atoms with Crippen LogP contribution >= 0.6 is 0 Å². The van der Waals surface area contributed by atoms with Crippen molar-refractivity contribution >= 4 is 9.52 Å². The topological polar surface area (TPSA) is 0 Å². The molecule has 0 N–H and O–H groups in total. The van der Waals surface area contributed by atoms with Gasteiger partial charge < -0.3 is 0 Å². The summed E-state index contributed by atoms with van der Waals surface area (Å²) in [7, 11) is 0.137. The lowest BCUT2D eigenvalue weighted by Crippen LogP contribution is -1.91. The molecule has 0 aromatic carbocycles. The van der Waals surface area contributed by atoms with Crippen molar-refractivity contribution in [3.8, 4) is 0 Å². The summed E-state index contributed by atoms with van der Waals surface area (Å²) >= 11 is 0. The summed E-state index contributed by atoms with van der Waals surface area (Å²) in [5, 5.41) is 1.67. The fourth-order valence-corrected chi connectivity index (χ4v) is 2.82. The Morgan fingerprint density at radius 3 is 2.54 bits per heavy atom. The van der Waals surface area contributed by atoms with Gasteiger partial charge in [0, 0.05) is 9.52 Å². The summed E-state index contributed by atoms with van der Waals surface area (Å²) in [5.74, 6) is 0. The second-order valence-electron chi connectivity index (χ2n) is 3.73. The Morgan fingerprint density at radius 1 is 1.23 bits per heavy atom. The van der Waals surface area contributed by atoms with E-state index in [4.69, 9.17) is 0 Å². The second-order valence-corrected chi connectivity index (χ2v) is 6.05. The largest absolute Gasteiger partial charge is 0.103 e. The average Bonchev–Trinajstić information content (AvgIpc) is 2.16. The molecule has 0 saturated heterocycles. The first-order valence-corrected chi connectivity index (χ1v) is 7.24. The summed E-state index contributed by atoms with van der Waals surface area (Å²) in [6, 6.07) is 1.50. The maximum Gasteiger partial charge on any atom is 0.0487 e. The van der Waals surface area contributed by atoms with E-state index in [-0.39, 0.29) is 9.52 Å². The van der Waals surface area contributed by atoms with Crippen LogP contribution in [0.1, 0.15) is 46.0 Å². The van der Waals surface area contributed by atoms with Crippen molar-refractivity contribution in [2.24, 2.45) is 0 Å². The Morgan fingerprint density at radius 2 is 1.92 bits per heavy atom. The molecule has 0 aliphatic heterocycles. The van der Waals surface area contributed by atoms with Gasteiger partial charge >= 0.3 is 0 Å². The summed E-state index contributed by atoms with van der Waals surface area (Å²) in [5.41, 5.74) is 0. The van der Waals surface area contributed by atoms with Gasteiger partial charge in [0.15, 0.2) is 0 Å². The van der Waals surface area contributed by atoms with E-state index in [1.165, 1.54) is 38.1 Å². The lowest BCUT2D eigenvalue weighted by molar-refractivity contribution is 0.673. The number of hydrogen-bond donors (Lipinski definition) is 0. The van der Waals surface area contributed by atoms with Gasteiger partial charge in [-0.15, -0.1) is 6.58 Å². The van der Waals surface area contributed by atoms with E-state index < -0.39 is 0 Å². The molecule has 0 amide bonds. The zero-order valence-corrected chi connectivity index (χ0v) is 10.7. The molecule has 76 valence electrons. The third-order valence-electron chi connectivity index (χ3n) is 2.47.